The van der Waals surface area contributed by atoms with Gasteiger partial charge in [0.2, 0.25) is 5.91 Å². The van der Waals surface area contributed by atoms with Crippen LogP contribution in [0.5, 0.6) is 0 Å². The SMILES string of the molecule is C=CCC1(C(=O)NCC(C)(C)C(=O)O)CCC1. The average Bonchev–Trinajstić information content (AvgIpc) is 2.20. The number of carboxylic acid groups (broad SMARTS) is 1. The van der Waals surface area contributed by atoms with Crippen LogP contribution in [0.1, 0.15) is 39.5 Å². The Morgan fingerprint density at radius 2 is 2.06 bits per heavy atom. The van der Waals surface area contributed by atoms with Crippen LogP contribution in [0.4, 0.5) is 0 Å². The summed E-state index contributed by atoms with van der Waals surface area (Å²) in [5, 5.41) is 11.7. The first-order chi connectivity index (χ1) is 7.84. The molecule has 0 saturated heterocycles. The van der Waals surface area contributed by atoms with Crippen molar-refractivity contribution in [1.29, 1.82) is 0 Å². The first kappa shape index (κ1) is 13.7. The highest BCUT2D eigenvalue weighted by molar-refractivity contribution is 5.84. The molecular weight excluding hydrogens is 218 g/mol. The zero-order valence-electron chi connectivity index (χ0n) is 10.6. The van der Waals surface area contributed by atoms with Crippen LogP contribution in [0.2, 0.25) is 0 Å². The number of carbonyl (C=O) groups is 2. The lowest BCUT2D eigenvalue weighted by Crippen LogP contribution is -2.49. The lowest BCUT2D eigenvalue weighted by atomic mass is 9.66. The lowest BCUT2D eigenvalue weighted by Gasteiger charge is -2.40. The predicted molar refractivity (Wildman–Crippen MR) is 65.5 cm³/mol. The molecule has 1 aliphatic carbocycles. The van der Waals surface area contributed by atoms with Gasteiger partial charge < -0.3 is 10.4 Å². The molecule has 1 fully saturated rings. The van der Waals surface area contributed by atoms with Crippen LogP contribution < -0.4 is 5.32 Å². The van der Waals surface area contributed by atoms with E-state index in [1.807, 2.05) is 0 Å². The lowest BCUT2D eigenvalue weighted by molar-refractivity contribution is -0.147. The van der Waals surface area contributed by atoms with Crippen molar-refractivity contribution in [2.75, 3.05) is 6.54 Å². The molecule has 1 amide bonds. The summed E-state index contributed by atoms with van der Waals surface area (Å²) in [7, 11) is 0. The normalized spacial score (nSPS) is 18.0. The first-order valence-electron chi connectivity index (χ1n) is 5.97. The molecule has 1 aliphatic rings. The Labute approximate surface area is 102 Å². The number of carboxylic acids is 1. The summed E-state index contributed by atoms with van der Waals surface area (Å²) in [6.45, 7) is 7.06. The van der Waals surface area contributed by atoms with Crippen LogP contribution in [0, 0.1) is 10.8 Å². The molecule has 0 heterocycles. The molecule has 1 rings (SSSR count). The van der Waals surface area contributed by atoms with Gasteiger partial charge in [-0.3, -0.25) is 9.59 Å². The van der Waals surface area contributed by atoms with Gasteiger partial charge in [-0.2, -0.15) is 0 Å². The summed E-state index contributed by atoms with van der Waals surface area (Å²) in [4.78, 5) is 23.0. The maximum absolute atomic E-state index is 12.1. The Hall–Kier alpha value is -1.32. The summed E-state index contributed by atoms with van der Waals surface area (Å²) < 4.78 is 0. The molecule has 0 aromatic rings. The maximum Gasteiger partial charge on any atom is 0.310 e. The molecule has 0 aromatic carbocycles. The Kier molecular flexibility index (Phi) is 3.96. The van der Waals surface area contributed by atoms with Crippen LogP contribution in [0.25, 0.3) is 0 Å². The zero-order chi connectivity index (χ0) is 13.1. The molecule has 0 bridgehead atoms. The molecule has 0 aromatic heterocycles. The monoisotopic (exact) mass is 239 g/mol. The number of carbonyl (C=O) groups excluding carboxylic acids is 1. The molecule has 96 valence electrons. The van der Waals surface area contributed by atoms with Gasteiger partial charge in [-0.25, -0.2) is 0 Å². The van der Waals surface area contributed by atoms with Crippen molar-refractivity contribution in [3.05, 3.63) is 12.7 Å². The van der Waals surface area contributed by atoms with Crippen molar-refractivity contribution in [2.24, 2.45) is 10.8 Å². The number of hydrogen-bond acceptors (Lipinski definition) is 2. The molecule has 17 heavy (non-hydrogen) atoms. The molecule has 2 N–H and O–H groups in total. The fourth-order valence-corrected chi connectivity index (χ4v) is 1.97. The third-order valence-electron chi connectivity index (χ3n) is 3.60. The predicted octanol–water partition coefficient (Wildman–Crippen LogP) is 1.96. The molecule has 0 spiro atoms. The Morgan fingerprint density at radius 3 is 2.41 bits per heavy atom. The summed E-state index contributed by atoms with van der Waals surface area (Å²) >= 11 is 0. The van der Waals surface area contributed by atoms with Crippen molar-refractivity contribution >= 4 is 11.9 Å². The van der Waals surface area contributed by atoms with Crippen molar-refractivity contribution in [3.63, 3.8) is 0 Å². The highest BCUT2D eigenvalue weighted by Crippen LogP contribution is 2.44. The fourth-order valence-electron chi connectivity index (χ4n) is 1.97. The fraction of sp³-hybridized carbons (Fsp3) is 0.692. The standard InChI is InChI=1S/C13H21NO3/c1-4-6-13(7-5-8-13)10(15)14-9-12(2,3)11(16)17/h4H,1,5-9H2,2-3H3,(H,14,15)(H,16,17). The quantitative estimate of drug-likeness (QED) is 0.696. The molecule has 1 saturated carbocycles. The second kappa shape index (κ2) is 4.90. The second-order valence-electron chi connectivity index (χ2n) is 5.50. The van der Waals surface area contributed by atoms with E-state index < -0.39 is 11.4 Å². The van der Waals surface area contributed by atoms with Gasteiger partial charge >= 0.3 is 5.97 Å². The van der Waals surface area contributed by atoms with E-state index in [0.29, 0.717) is 6.42 Å². The van der Waals surface area contributed by atoms with E-state index >= 15 is 0 Å². The highest BCUT2D eigenvalue weighted by atomic mass is 16.4. The van der Waals surface area contributed by atoms with E-state index in [-0.39, 0.29) is 17.9 Å². The number of allylic oxidation sites excluding steroid dienone is 1. The third kappa shape index (κ3) is 2.87. The van der Waals surface area contributed by atoms with Gasteiger partial charge in [-0.05, 0) is 33.1 Å². The number of rotatable bonds is 6. The van der Waals surface area contributed by atoms with E-state index in [0.717, 1.165) is 19.3 Å². The third-order valence-corrected chi connectivity index (χ3v) is 3.60. The Morgan fingerprint density at radius 1 is 1.47 bits per heavy atom. The van der Waals surface area contributed by atoms with Gasteiger partial charge in [0.1, 0.15) is 0 Å². The number of nitrogens with one attached hydrogen (secondary N) is 1. The van der Waals surface area contributed by atoms with Crippen molar-refractivity contribution in [2.45, 2.75) is 39.5 Å². The highest BCUT2D eigenvalue weighted by Gasteiger charge is 2.43. The summed E-state index contributed by atoms with van der Waals surface area (Å²) in [6, 6.07) is 0. The van der Waals surface area contributed by atoms with Crippen LogP contribution in [0.15, 0.2) is 12.7 Å². The first-order valence-corrected chi connectivity index (χ1v) is 5.97. The average molecular weight is 239 g/mol. The van der Waals surface area contributed by atoms with E-state index in [2.05, 4.69) is 11.9 Å². The van der Waals surface area contributed by atoms with Gasteiger partial charge in [-0.1, -0.05) is 12.5 Å². The molecular formula is C13H21NO3. The van der Waals surface area contributed by atoms with Crippen LogP contribution in [0.3, 0.4) is 0 Å². The van der Waals surface area contributed by atoms with Crippen LogP contribution in [-0.4, -0.2) is 23.5 Å². The van der Waals surface area contributed by atoms with Crippen LogP contribution in [-0.2, 0) is 9.59 Å². The van der Waals surface area contributed by atoms with Gasteiger partial charge in [0.25, 0.3) is 0 Å². The minimum absolute atomic E-state index is 0.0297. The van der Waals surface area contributed by atoms with Gasteiger partial charge in [0.05, 0.1) is 10.8 Å². The number of hydrogen-bond donors (Lipinski definition) is 2. The van der Waals surface area contributed by atoms with Gasteiger partial charge in [-0.15, -0.1) is 6.58 Å². The van der Waals surface area contributed by atoms with E-state index in [1.165, 1.54) is 0 Å². The van der Waals surface area contributed by atoms with E-state index in [1.54, 1.807) is 19.9 Å². The van der Waals surface area contributed by atoms with E-state index in [9.17, 15) is 9.59 Å². The molecule has 4 heteroatoms. The zero-order valence-corrected chi connectivity index (χ0v) is 10.6. The van der Waals surface area contributed by atoms with Crippen molar-refractivity contribution < 1.29 is 14.7 Å². The minimum atomic E-state index is -0.922. The van der Waals surface area contributed by atoms with Crippen molar-refractivity contribution in [3.8, 4) is 0 Å². The van der Waals surface area contributed by atoms with Crippen molar-refractivity contribution in [1.82, 2.24) is 5.32 Å². The largest absolute Gasteiger partial charge is 0.481 e. The summed E-state index contributed by atoms with van der Waals surface area (Å²) in [6.07, 6.45) is 5.24. The topological polar surface area (TPSA) is 66.4 Å². The Balaban J connectivity index is 2.55. The number of aliphatic carboxylic acids is 1. The molecule has 0 radical (unpaired) electrons. The van der Waals surface area contributed by atoms with E-state index in [4.69, 9.17) is 5.11 Å². The molecule has 0 unspecified atom stereocenters. The smallest absolute Gasteiger partial charge is 0.310 e. The van der Waals surface area contributed by atoms with Gasteiger partial charge in [0.15, 0.2) is 0 Å². The summed E-state index contributed by atoms with van der Waals surface area (Å²) in [5.41, 5.74) is -1.24. The molecule has 4 nitrogen and oxygen atoms in total. The number of amides is 1. The Bertz CT molecular complexity index is 330. The maximum atomic E-state index is 12.1. The molecule has 0 atom stereocenters. The van der Waals surface area contributed by atoms with Gasteiger partial charge in [0, 0.05) is 6.54 Å². The molecule has 0 aliphatic heterocycles. The second-order valence-corrected chi connectivity index (χ2v) is 5.50. The van der Waals surface area contributed by atoms with Crippen LogP contribution >= 0.6 is 0 Å². The minimum Gasteiger partial charge on any atom is -0.481 e. The summed E-state index contributed by atoms with van der Waals surface area (Å²) in [5.74, 6) is -0.929.